The Kier molecular flexibility index (Phi) is 7.72. The number of hydrogen-bond acceptors (Lipinski definition) is 9. The van der Waals surface area contributed by atoms with Crippen molar-refractivity contribution in [3.63, 3.8) is 0 Å². The number of fused-ring (bicyclic) bond motifs is 2. The van der Waals surface area contributed by atoms with Gasteiger partial charge in [0.1, 0.15) is 24.4 Å². The molecular formula is C30H36N6O5. The second-order valence-electron chi connectivity index (χ2n) is 11.4. The number of ether oxygens (including phenoxy) is 1. The lowest BCUT2D eigenvalue weighted by Gasteiger charge is -2.30. The second kappa shape index (κ2) is 11.6. The Hall–Kier alpha value is -3.83. The van der Waals surface area contributed by atoms with Gasteiger partial charge in [-0.1, -0.05) is 6.07 Å². The van der Waals surface area contributed by atoms with Gasteiger partial charge in [-0.15, -0.1) is 0 Å². The average Bonchev–Trinajstić information content (AvgIpc) is 3.28. The number of carbonyl (C=O) groups is 2. The predicted octanol–water partition coefficient (Wildman–Crippen LogP) is 1.77. The highest BCUT2D eigenvalue weighted by Crippen LogP contribution is 2.53. The number of benzene rings is 1. The summed E-state index contributed by atoms with van der Waals surface area (Å²) in [7, 11) is 0. The number of aliphatic hydroxyl groups excluding tert-OH is 1. The highest BCUT2D eigenvalue weighted by atomic mass is 16.5. The molecule has 2 aromatic heterocycles. The molecule has 2 aliphatic heterocycles. The molecule has 4 atom stereocenters. The number of hydrogen-bond donors (Lipinski definition) is 2. The number of nitrogens with zero attached hydrogens (tertiary/aromatic N) is 5. The summed E-state index contributed by atoms with van der Waals surface area (Å²) in [6, 6.07) is 7.84. The molecule has 0 spiro atoms. The summed E-state index contributed by atoms with van der Waals surface area (Å²) in [5.74, 6) is 2.92. The summed E-state index contributed by atoms with van der Waals surface area (Å²) < 4.78 is 11.2. The lowest BCUT2D eigenvalue weighted by Crippen LogP contribution is -2.42. The van der Waals surface area contributed by atoms with Crippen molar-refractivity contribution in [3.05, 3.63) is 71.0 Å². The molecule has 2 N–H and O–H groups in total. The minimum Gasteiger partial charge on any atom is -0.486 e. The highest BCUT2D eigenvalue weighted by Gasteiger charge is 2.55. The normalized spacial score (nSPS) is 22.1. The van der Waals surface area contributed by atoms with Crippen molar-refractivity contribution in [1.29, 1.82) is 0 Å². The van der Waals surface area contributed by atoms with Crippen LogP contribution >= 0.6 is 0 Å². The summed E-state index contributed by atoms with van der Waals surface area (Å²) in [5.41, 5.74) is 4.42. The van der Waals surface area contributed by atoms with E-state index in [2.05, 4.69) is 37.3 Å². The smallest absolute Gasteiger partial charge is 0.270 e. The van der Waals surface area contributed by atoms with Crippen LogP contribution in [0.1, 0.15) is 45.7 Å². The van der Waals surface area contributed by atoms with E-state index in [0.717, 1.165) is 61.9 Å². The quantitative estimate of drug-likeness (QED) is 0.380. The summed E-state index contributed by atoms with van der Waals surface area (Å²) in [6.45, 7) is 7.63. The number of nitrogens with one attached hydrogen (secondary N) is 1. The molecule has 3 aromatic rings. The van der Waals surface area contributed by atoms with Crippen molar-refractivity contribution in [1.82, 2.24) is 30.1 Å². The van der Waals surface area contributed by atoms with Gasteiger partial charge in [0, 0.05) is 51.9 Å². The molecule has 11 heteroatoms. The molecule has 3 aliphatic rings. The number of likely N-dealkylation sites (tertiary alicyclic amines) is 1. The third-order valence-electron chi connectivity index (χ3n) is 8.67. The van der Waals surface area contributed by atoms with Gasteiger partial charge < -0.3 is 24.5 Å². The maximum atomic E-state index is 12.8. The molecule has 1 unspecified atom stereocenters. The van der Waals surface area contributed by atoms with Gasteiger partial charge >= 0.3 is 0 Å². The first-order valence-electron chi connectivity index (χ1n) is 14.2. The van der Waals surface area contributed by atoms with Gasteiger partial charge in [-0.25, -0.2) is 15.0 Å². The van der Waals surface area contributed by atoms with Crippen LogP contribution < -0.4 is 10.1 Å². The molecule has 1 aromatic carbocycles. The number of β-amino-alcohol motifs (C(OH)–C–C–N with tert-alkyl or cyclic N) is 1. The van der Waals surface area contributed by atoms with Gasteiger partial charge in [0.25, 0.3) is 5.91 Å². The summed E-state index contributed by atoms with van der Waals surface area (Å²) in [4.78, 5) is 41.0. The highest BCUT2D eigenvalue weighted by molar-refractivity contribution is 5.92. The number of piperidine rings is 1. The lowest BCUT2D eigenvalue weighted by atomic mass is 9.99. The Bertz CT molecular complexity index is 1410. The number of amides is 2. The SMILES string of the molecule is CC(=O)N1C[C@@H]2C(Cc3cc(C(=O)NC[C@H](O)CN4CCc5cc(OCc6ocnc6C)ccc5C4)ncn3)[C@@H]2C1. The van der Waals surface area contributed by atoms with Gasteiger partial charge in [0.15, 0.2) is 12.2 Å². The van der Waals surface area contributed by atoms with Crippen LogP contribution in [0, 0.1) is 24.7 Å². The van der Waals surface area contributed by atoms with Gasteiger partial charge in [-0.2, -0.15) is 0 Å². The van der Waals surface area contributed by atoms with Gasteiger partial charge in [-0.3, -0.25) is 14.5 Å². The molecule has 1 aliphatic carbocycles. The van der Waals surface area contributed by atoms with Crippen LogP contribution in [0.25, 0.3) is 0 Å². The zero-order valence-corrected chi connectivity index (χ0v) is 23.5. The van der Waals surface area contributed by atoms with Crippen molar-refractivity contribution in [3.8, 4) is 5.75 Å². The predicted molar refractivity (Wildman–Crippen MR) is 148 cm³/mol. The topological polar surface area (TPSA) is 134 Å². The Morgan fingerprint density at radius 2 is 2.00 bits per heavy atom. The molecule has 1 saturated carbocycles. The zero-order chi connectivity index (χ0) is 28.5. The van der Waals surface area contributed by atoms with Crippen LogP contribution in [0.3, 0.4) is 0 Å². The molecule has 11 nitrogen and oxygen atoms in total. The standard InChI is InChI=1S/C30H36N6O5/c1-18-29(41-17-34-18)15-40-24-4-3-21-11-35(6-5-20(21)7-24)12-23(38)10-31-30(39)28-9-22(32-16-33-28)8-25-26-13-36(19(2)37)14-27(25)26/h3-4,7,9,16-17,23,25-27,38H,5-6,8,10-15H2,1-2H3,(H,31,39)/t23-,25?,26-,27+/m0/s1. The van der Waals surface area contributed by atoms with Gasteiger partial charge in [0.2, 0.25) is 5.91 Å². The fraction of sp³-hybridized carbons (Fsp3) is 0.500. The molecule has 4 heterocycles. The van der Waals surface area contributed by atoms with E-state index in [1.165, 1.54) is 23.8 Å². The van der Waals surface area contributed by atoms with Crippen LogP contribution in [0.15, 0.2) is 41.4 Å². The van der Waals surface area contributed by atoms with Crippen molar-refractivity contribution < 1.29 is 23.8 Å². The van der Waals surface area contributed by atoms with Crippen LogP contribution in [-0.4, -0.2) is 80.5 Å². The maximum absolute atomic E-state index is 12.8. The molecule has 6 rings (SSSR count). The molecule has 2 fully saturated rings. The van der Waals surface area contributed by atoms with E-state index in [1.807, 2.05) is 17.9 Å². The summed E-state index contributed by atoms with van der Waals surface area (Å²) in [6.07, 6.45) is 3.79. The Balaban J connectivity index is 0.942. The molecule has 2 amide bonds. The maximum Gasteiger partial charge on any atom is 0.270 e. The lowest BCUT2D eigenvalue weighted by molar-refractivity contribution is -0.128. The largest absolute Gasteiger partial charge is 0.486 e. The zero-order valence-electron chi connectivity index (χ0n) is 23.5. The second-order valence-corrected chi connectivity index (χ2v) is 11.4. The minimum atomic E-state index is -0.704. The van der Waals surface area contributed by atoms with E-state index in [9.17, 15) is 14.7 Å². The van der Waals surface area contributed by atoms with Crippen molar-refractivity contribution >= 4 is 11.8 Å². The van der Waals surface area contributed by atoms with E-state index in [-0.39, 0.29) is 18.4 Å². The third-order valence-corrected chi connectivity index (χ3v) is 8.67. The monoisotopic (exact) mass is 560 g/mol. The first-order chi connectivity index (χ1) is 19.8. The van der Waals surface area contributed by atoms with E-state index in [4.69, 9.17) is 9.15 Å². The van der Waals surface area contributed by atoms with Crippen LogP contribution in [0.4, 0.5) is 0 Å². The van der Waals surface area contributed by atoms with Crippen LogP contribution in [0.2, 0.25) is 0 Å². The molecule has 41 heavy (non-hydrogen) atoms. The van der Waals surface area contributed by atoms with Gasteiger partial charge in [-0.05, 0) is 66.8 Å². The third kappa shape index (κ3) is 6.25. The molecule has 216 valence electrons. The molecule has 0 bridgehead atoms. The van der Waals surface area contributed by atoms with E-state index in [0.29, 0.717) is 36.6 Å². The minimum absolute atomic E-state index is 0.138. The van der Waals surface area contributed by atoms with Crippen LogP contribution in [-0.2, 0) is 30.8 Å². The molecule has 1 saturated heterocycles. The first kappa shape index (κ1) is 27.3. The number of aromatic nitrogens is 3. The number of aryl methyl sites for hydroxylation is 1. The van der Waals surface area contributed by atoms with E-state index in [1.54, 1.807) is 13.0 Å². The number of carbonyl (C=O) groups excluding carboxylic acids is 2. The number of aliphatic hydroxyl groups is 1. The van der Waals surface area contributed by atoms with Crippen LogP contribution in [0.5, 0.6) is 5.75 Å². The number of oxazole rings is 1. The van der Waals surface area contributed by atoms with E-state index >= 15 is 0 Å². The molecular weight excluding hydrogens is 524 g/mol. The fourth-order valence-electron chi connectivity index (χ4n) is 6.19. The summed E-state index contributed by atoms with van der Waals surface area (Å²) in [5, 5.41) is 13.5. The Labute approximate surface area is 238 Å². The van der Waals surface area contributed by atoms with E-state index < -0.39 is 6.10 Å². The number of rotatable bonds is 10. The Morgan fingerprint density at radius 1 is 1.17 bits per heavy atom. The van der Waals surface area contributed by atoms with Gasteiger partial charge in [0.05, 0.1) is 11.8 Å². The summed E-state index contributed by atoms with van der Waals surface area (Å²) >= 11 is 0. The Morgan fingerprint density at radius 3 is 2.76 bits per heavy atom. The van der Waals surface area contributed by atoms with Crippen molar-refractivity contribution in [2.45, 2.75) is 45.9 Å². The first-order valence-corrected chi connectivity index (χ1v) is 14.2. The molecule has 0 radical (unpaired) electrons. The fourth-order valence-corrected chi connectivity index (χ4v) is 6.19. The van der Waals surface area contributed by atoms with Crippen molar-refractivity contribution in [2.24, 2.45) is 17.8 Å². The van der Waals surface area contributed by atoms with Crippen molar-refractivity contribution in [2.75, 3.05) is 32.7 Å². The average molecular weight is 561 g/mol.